The van der Waals surface area contributed by atoms with E-state index in [-0.39, 0.29) is 23.5 Å². The first-order valence-corrected chi connectivity index (χ1v) is 14.5. The molecule has 0 saturated carbocycles. The largest absolute Gasteiger partial charge is 0.349 e. The number of anilines is 1. The second-order valence-electron chi connectivity index (χ2n) is 8.97. The van der Waals surface area contributed by atoms with Crippen LogP contribution in [0.2, 0.25) is 4.34 Å². The normalized spacial score (nSPS) is 17.6. The molecule has 2 aliphatic heterocycles. The first-order chi connectivity index (χ1) is 18.0. The number of nitrogens with zero attached hydrogens (tertiary/aromatic N) is 3. The summed E-state index contributed by atoms with van der Waals surface area (Å²) < 4.78 is 59.2. The van der Waals surface area contributed by atoms with E-state index in [4.69, 9.17) is 11.6 Å². The van der Waals surface area contributed by atoms with E-state index < -0.39 is 56.9 Å². The van der Waals surface area contributed by atoms with E-state index in [2.05, 4.69) is 10.0 Å². The van der Waals surface area contributed by atoms with Gasteiger partial charge < -0.3 is 20.0 Å². The number of halogens is 3. The van der Waals surface area contributed by atoms with Gasteiger partial charge in [0.15, 0.2) is 10.7 Å². The molecule has 0 aliphatic carbocycles. The van der Waals surface area contributed by atoms with Crippen molar-refractivity contribution in [1.82, 2.24) is 19.8 Å². The van der Waals surface area contributed by atoms with Crippen LogP contribution in [0.1, 0.15) is 22.5 Å². The van der Waals surface area contributed by atoms with Crippen molar-refractivity contribution < 1.29 is 31.6 Å². The molecule has 206 valence electrons. The number of rotatable bonds is 8. The lowest BCUT2D eigenvalue weighted by Crippen LogP contribution is -2.57. The van der Waals surface area contributed by atoms with Gasteiger partial charge >= 0.3 is 0 Å². The van der Waals surface area contributed by atoms with E-state index in [0.717, 1.165) is 28.4 Å². The highest BCUT2D eigenvalue weighted by Crippen LogP contribution is 2.31. The first kappa shape index (κ1) is 28.4. The Hall–Kier alpha value is -2.65. The highest BCUT2D eigenvalue weighted by molar-refractivity contribution is 7.89. The average molecular weight is 590 g/mol. The van der Waals surface area contributed by atoms with E-state index in [0.29, 0.717) is 36.9 Å². The minimum atomic E-state index is -4.96. The number of amides is 3. The summed E-state index contributed by atoms with van der Waals surface area (Å²) in [5.41, 5.74) is -0.362. The molecule has 2 fully saturated rings. The van der Waals surface area contributed by atoms with Gasteiger partial charge in [-0.3, -0.25) is 14.4 Å². The third kappa shape index (κ3) is 6.15. The van der Waals surface area contributed by atoms with Gasteiger partial charge in [0.25, 0.3) is 5.91 Å². The number of hydrogen-bond acceptors (Lipinski definition) is 7. The molecule has 1 aromatic heterocycles. The maximum Gasteiger partial charge on any atom is 0.261 e. The third-order valence-corrected chi connectivity index (χ3v) is 9.07. The molecule has 0 spiro atoms. The number of benzene rings is 1. The highest BCUT2D eigenvalue weighted by Gasteiger charge is 2.36. The van der Waals surface area contributed by atoms with Gasteiger partial charge in [-0.1, -0.05) is 11.6 Å². The minimum absolute atomic E-state index is 0.161. The lowest BCUT2D eigenvalue weighted by Gasteiger charge is -2.34. The predicted molar refractivity (Wildman–Crippen MR) is 138 cm³/mol. The summed E-state index contributed by atoms with van der Waals surface area (Å²) in [6.07, 6.45) is 0.612. The highest BCUT2D eigenvalue weighted by atomic mass is 35.5. The van der Waals surface area contributed by atoms with Crippen molar-refractivity contribution in [1.29, 1.82) is 0 Å². The van der Waals surface area contributed by atoms with Gasteiger partial charge in [-0.2, -0.15) is 4.72 Å². The van der Waals surface area contributed by atoms with Crippen LogP contribution < -0.4 is 14.9 Å². The van der Waals surface area contributed by atoms with Crippen molar-refractivity contribution in [3.63, 3.8) is 0 Å². The zero-order valence-corrected chi connectivity index (χ0v) is 22.8. The lowest BCUT2D eigenvalue weighted by atomic mass is 10.2. The van der Waals surface area contributed by atoms with Crippen LogP contribution in [0.25, 0.3) is 0 Å². The van der Waals surface area contributed by atoms with E-state index >= 15 is 4.39 Å². The maximum atomic E-state index is 15.4. The Morgan fingerprint density at radius 2 is 1.82 bits per heavy atom. The number of piperazine rings is 1. The Balaban J connectivity index is 1.61. The molecule has 2 aromatic rings. The van der Waals surface area contributed by atoms with Gasteiger partial charge in [-0.15, -0.1) is 11.3 Å². The number of thiophene rings is 1. The first-order valence-electron chi connectivity index (χ1n) is 11.8. The van der Waals surface area contributed by atoms with Crippen molar-refractivity contribution in [2.75, 3.05) is 51.2 Å². The summed E-state index contributed by atoms with van der Waals surface area (Å²) in [5.74, 6) is -4.47. The Kier molecular flexibility index (Phi) is 8.67. The van der Waals surface area contributed by atoms with Crippen molar-refractivity contribution in [3.05, 3.63) is 45.1 Å². The number of carbonyl (C=O) groups excluding carboxylic acids is 3. The quantitative estimate of drug-likeness (QED) is 0.483. The summed E-state index contributed by atoms with van der Waals surface area (Å²) in [6.45, 7) is 1.37. The summed E-state index contributed by atoms with van der Waals surface area (Å²) in [7, 11) is -3.09. The number of likely N-dealkylation sites (N-methyl/N-ethyl adjacent to an activating group) is 1. The van der Waals surface area contributed by atoms with Gasteiger partial charge in [-0.25, -0.2) is 17.2 Å². The molecule has 38 heavy (non-hydrogen) atoms. The van der Waals surface area contributed by atoms with Crippen molar-refractivity contribution in [2.24, 2.45) is 0 Å². The van der Waals surface area contributed by atoms with Crippen molar-refractivity contribution >= 4 is 56.4 Å². The standard InChI is InChI=1S/C23H26ClF2N5O5S2/c1-29-9-11-30(12-10-29)23(34)15(13-27-22(33)17-6-7-18(24)37-17)28-38(35,36)21-14(25)4-5-16(20(21)26)31-8-2-3-19(31)32/h4-7,15,28H,2-3,8-13H2,1H3,(H,27,33)/t15-/m0/s1. The average Bonchev–Trinajstić information content (AvgIpc) is 3.49. The van der Waals surface area contributed by atoms with Gasteiger partial charge in [0.05, 0.1) is 14.9 Å². The molecule has 3 amide bonds. The van der Waals surface area contributed by atoms with Crippen LogP contribution in [0.5, 0.6) is 0 Å². The molecule has 0 unspecified atom stereocenters. The van der Waals surface area contributed by atoms with E-state index in [1.165, 1.54) is 17.0 Å². The molecule has 0 radical (unpaired) electrons. The Morgan fingerprint density at radius 1 is 1.11 bits per heavy atom. The monoisotopic (exact) mass is 589 g/mol. The summed E-state index contributed by atoms with van der Waals surface area (Å²) in [4.78, 5) is 41.4. The van der Waals surface area contributed by atoms with Crippen LogP contribution in [-0.4, -0.2) is 88.3 Å². The zero-order chi connectivity index (χ0) is 27.6. The minimum Gasteiger partial charge on any atom is -0.349 e. The van der Waals surface area contributed by atoms with Gasteiger partial charge in [0.1, 0.15) is 11.9 Å². The zero-order valence-electron chi connectivity index (χ0n) is 20.4. The van der Waals surface area contributed by atoms with Crippen LogP contribution >= 0.6 is 22.9 Å². The molecule has 10 nitrogen and oxygen atoms in total. The van der Waals surface area contributed by atoms with Crippen LogP contribution in [0.4, 0.5) is 14.5 Å². The molecule has 0 bridgehead atoms. The SMILES string of the molecule is CN1CCN(C(=O)[C@H](CNC(=O)c2ccc(Cl)s2)NS(=O)(=O)c2c(F)ccc(N3CCCC3=O)c2F)CC1. The number of sulfonamides is 1. The van der Waals surface area contributed by atoms with Crippen LogP contribution in [0.3, 0.4) is 0 Å². The summed E-state index contributed by atoms with van der Waals surface area (Å²) >= 11 is 6.87. The number of nitrogens with one attached hydrogen (secondary N) is 2. The molecule has 2 saturated heterocycles. The lowest BCUT2D eigenvalue weighted by molar-refractivity contribution is -0.134. The number of carbonyl (C=O) groups is 3. The smallest absolute Gasteiger partial charge is 0.261 e. The van der Waals surface area contributed by atoms with Gasteiger partial charge in [0, 0.05) is 45.7 Å². The summed E-state index contributed by atoms with van der Waals surface area (Å²) in [5, 5.41) is 2.49. The van der Waals surface area contributed by atoms with Crippen molar-refractivity contribution in [2.45, 2.75) is 23.8 Å². The topological polar surface area (TPSA) is 119 Å². The number of hydrogen-bond donors (Lipinski definition) is 2. The molecular weight excluding hydrogens is 564 g/mol. The molecule has 1 atom stereocenters. The molecule has 4 rings (SSSR count). The molecule has 15 heteroatoms. The Labute approximate surface area is 227 Å². The molecule has 1 aromatic carbocycles. The van der Waals surface area contributed by atoms with E-state index in [1.54, 1.807) is 0 Å². The fourth-order valence-electron chi connectivity index (χ4n) is 4.27. The van der Waals surface area contributed by atoms with E-state index in [1.807, 2.05) is 11.9 Å². The van der Waals surface area contributed by atoms with Crippen LogP contribution in [0.15, 0.2) is 29.2 Å². The Bertz CT molecular complexity index is 1350. The van der Waals surface area contributed by atoms with Gasteiger partial charge in [0.2, 0.25) is 21.8 Å². The fourth-order valence-corrected chi connectivity index (χ4v) is 6.57. The molecular formula is C23H26ClF2N5O5S2. The van der Waals surface area contributed by atoms with Gasteiger partial charge in [-0.05, 0) is 37.7 Å². The fraction of sp³-hybridized carbons (Fsp3) is 0.435. The molecule has 2 N–H and O–H groups in total. The predicted octanol–water partition coefficient (Wildman–Crippen LogP) is 1.66. The summed E-state index contributed by atoms with van der Waals surface area (Å²) in [6, 6.07) is 3.20. The Morgan fingerprint density at radius 3 is 2.42 bits per heavy atom. The molecule has 3 heterocycles. The second-order valence-corrected chi connectivity index (χ2v) is 12.3. The second kappa shape index (κ2) is 11.6. The third-order valence-electron chi connectivity index (χ3n) is 6.34. The maximum absolute atomic E-state index is 15.4. The van der Waals surface area contributed by atoms with E-state index in [9.17, 15) is 27.2 Å². The van der Waals surface area contributed by atoms with Crippen LogP contribution in [-0.2, 0) is 19.6 Å². The van der Waals surface area contributed by atoms with Crippen LogP contribution in [0, 0.1) is 11.6 Å². The van der Waals surface area contributed by atoms with Crippen molar-refractivity contribution in [3.8, 4) is 0 Å². The molecule has 2 aliphatic rings.